The van der Waals surface area contributed by atoms with Crippen molar-refractivity contribution in [2.24, 2.45) is 5.92 Å². The summed E-state index contributed by atoms with van der Waals surface area (Å²) in [6.45, 7) is 3.20. The van der Waals surface area contributed by atoms with Crippen LogP contribution < -0.4 is 5.32 Å². The zero-order valence-corrected chi connectivity index (χ0v) is 9.37. The predicted molar refractivity (Wildman–Crippen MR) is 54.3 cm³/mol. The maximum atomic E-state index is 11.9. The molecule has 0 aromatic rings. The average Bonchev–Trinajstić information content (AvgIpc) is 2.16. The molecule has 0 spiro atoms. The maximum absolute atomic E-state index is 11.9. The summed E-state index contributed by atoms with van der Waals surface area (Å²) in [7, 11) is 0. The molecule has 0 fully saturated rings. The molecule has 94 valence electrons. The van der Waals surface area contributed by atoms with Crippen LogP contribution in [0.1, 0.15) is 33.1 Å². The molecule has 2 N–H and O–H groups in total. The van der Waals surface area contributed by atoms with Crippen LogP contribution in [-0.2, 0) is 9.59 Å². The third kappa shape index (κ3) is 6.31. The molecule has 0 bridgehead atoms. The van der Waals surface area contributed by atoms with Crippen molar-refractivity contribution in [2.45, 2.75) is 45.6 Å². The van der Waals surface area contributed by atoms with Gasteiger partial charge in [0.25, 0.3) is 5.91 Å². The second kappa shape index (κ2) is 7.14. The van der Waals surface area contributed by atoms with E-state index >= 15 is 0 Å². The fourth-order valence-corrected chi connectivity index (χ4v) is 1.23. The smallest absolute Gasteiger partial charge is 0.315 e. The van der Waals surface area contributed by atoms with Crippen molar-refractivity contribution in [3.63, 3.8) is 0 Å². The van der Waals surface area contributed by atoms with E-state index in [0.29, 0.717) is 19.3 Å². The summed E-state index contributed by atoms with van der Waals surface area (Å²) >= 11 is 0. The van der Waals surface area contributed by atoms with Gasteiger partial charge in [0.2, 0.25) is 0 Å². The lowest BCUT2D eigenvalue weighted by Gasteiger charge is -2.14. The minimum atomic E-state index is -3.00. The molecule has 6 heteroatoms. The number of halogens is 2. The van der Waals surface area contributed by atoms with Crippen molar-refractivity contribution in [1.82, 2.24) is 5.32 Å². The highest BCUT2D eigenvalue weighted by molar-refractivity contribution is 5.79. The van der Waals surface area contributed by atoms with Gasteiger partial charge in [-0.15, -0.1) is 0 Å². The first-order valence-corrected chi connectivity index (χ1v) is 5.16. The first-order valence-electron chi connectivity index (χ1n) is 5.16. The molecule has 2 unspecified atom stereocenters. The van der Waals surface area contributed by atoms with Crippen LogP contribution in [-0.4, -0.2) is 29.5 Å². The molecule has 0 aliphatic heterocycles. The largest absolute Gasteiger partial charge is 0.481 e. The number of carbonyl (C=O) groups is 2. The van der Waals surface area contributed by atoms with Crippen molar-refractivity contribution in [3.05, 3.63) is 0 Å². The van der Waals surface area contributed by atoms with E-state index in [1.54, 1.807) is 13.8 Å². The van der Waals surface area contributed by atoms with Crippen molar-refractivity contribution in [3.8, 4) is 0 Å². The Bertz CT molecular complexity index is 246. The van der Waals surface area contributed by atoms with Crippen molar-refractivity contribution in [1.29, 1.82) is 0 Å². The first kappa shape index (κ1) is 14.8. The molecule has 1 amide bonds. The van der Waals surface area contributed by atoms with Gasteiger partial charge in [-0.25, -0.2) is 0 Å². The van der Waals surface area contributed by atoms with E-state index in [9.17, 15) is 18.4 Å². The summed E-state index contributed by atoms with van der Waals surface area (Å²) in [6.07, 6.45) is -1.45. The van der Waals surface area contributed by atoms with Crippen LogP contribution >= 0.6 is 0 Å². The maximum Gasteiger partial charge on any atom is 0.315 e. The molecule has 4 nitrogen and oxygen atoms in total. The number of alkyl halides is 2. The van der Waals surface area contributed by atoms with Gasteiger partial charge in [-0.2, -0.15) is 8.78 Å². The topological polar surface area (TPSA) is 66.4 Å². The number of amides is 1. The van der Waals surface area contributed by atoms with Gasteiger partial charge in [0.1, 0.15) is 0 Å². The lowest BCUT2D eigenvalue weighted by atomic mass is 10.0. The van der Waals surface area contributed by atoms with E-state index < -0.39 is 24.2 Å². The molecule has 16 heavy (non-hydrogen) atoms. The quantitative estimate of drug-likeness (QED) is 0.707. The number of carboxylic acid groups (broad SMARTS) is 1. The minimum absolute atomic E-state index is 0.359. The van der Waals surface area contributed by atoms with Crippen molar-refractivity contribution < 1.29 is 23.5 Å². The summed E-state index contributed by atoms with van der Waals surface area (Å²) < 4.78 is 23.7. The number of rotatable bonds is 7. The normalized spacial score (nSPS) is 14.6. The predicted octanol–water partition coefficient (Wildman–Crippen LogP) is 1.65. The molecular weight excluding hydrogens is 220 g/mol. The highest BCUT2D eigenvalue weighted by Crippen LogP contribution is 2.09. The average molecular weight is 237 g/mol. The highest BCUT2D eigenvalue weighted by Gasteiger charge is 2.17. The Hall–Kier alpha value is -1.20. The zero-order chi connectivity index (χ0) is 12.7. The Labute approximate surface area is 93.0 Å². The zero-order valence-electron chi connectivity index (χ0n) is 9.37. The summed E-state index contributed by atoms with van der Waals surface area (Å²) in [4.78, 5) is 21.1. The van der Waals surface area contributed by atoms with Gasteiger partial charge in [-0.1, -0.05) is 13.3 Å². The number of hydrogen-bond donors (Lipinski definition) is 2. The van der Waals surface area contributed by atoms with E-state index in [0.717, 1.165) is 0 Å². The fraction of sp³-hybridized carbons (Fsp3) is 0.800. The molecule has 0 saturated heterocycles. The van der Waals surface area contributed by atoms with Crippen LogP contribution in [0.2, 0.25) is 0 Å². The second-order valence-electron chi connectivity index (χ2n) is 3.88. The van der Waals surface area contributed by atoms with Gasteiger partial charge in [0, 0.05) is 6.04 Å². The first-order chi connectivity index (χ1) is 7.34. The van der Waals surface area contributed by atoms with E-state index in [1.807, 2.05) is 0 Å². The van der Waals surface area contributed by atoms with Gasteiger partial charge in [0.05, 0.1) is 5.92 Å². The van der Waals surface area contributed by atoms with Crippen molar-refractivity contribution >= 4 is 11.9 Å². The Morgan fingerprint density at radius 3 is 2.25 bits per heavy atom. The molecule has 0 aliphatic rings. The fourth-order valence-electron chi connectivity index (χ4n) is 1.23. The molecule has 0 aromatic carbocycles. The van der Waals surface area contributed by atoms with Crippen molar-refractivity contribution in [2.75, 3.05) is 0 Å². The molecule has 0 radical (unpaired) electrons. The Balaban J connectivity index is 3.70. The lowest BCUT2D eigenvalue weighted by molar-refractivity contribution is -0.141. The van der Waals surface area contributed by atoms with Gasteiger partial charge >= 0.3 is 12.4 Å². The molecule has 2 atom stereocenters. The number of hydrogen-bond acceptors (Lipinski definition) is 2. The van der Waals surface area contributed by atoms with E-state index in [-0.39, 0.29) is 6.04 Å². The molecule has 0 aromatic heterocycles. The third-order valence-electron chi connectivity index (χ3n) is 2.28. The van der Waals surface area contributed by atoms with Gasteiger partial charge < -0.3 is 10.4 Å². The summed E-state index contributed by atoms with van der Waals surface area (Å²) in [6, 6.07) is -0.359. The Kier molecular flexibility index (Phi) is 6.60. The highest BCUT2D eigenvalue weighted by atomic mass is 19.3. The number of carbonyl (C=O) groups excluding carboxylic acids is 1. The van der Waals surface area contributed by atoms with Crippen LogP contribution in [0.15, 0.2) is 0 Å². The van der Waals surface area contributed by atoms with Crippen LogP contribution in [0.25, 0.3) is 0 Å². The summed E-state index contributed by atoms with van der Waals surface area (Å²) in [5.74, 6) is -2.60. The lowest BCUT2D eigenvalue weighted by Crippen LogP contribution is -2.36. The van der Waals surface area contributed by atoms with Crippen LogP contribution in [0.4, 0.5) is 8.78 Å². The third-order valence-corrected chi connectivity index (χ3v) is 2.28. The number of aliphatic carboxylic acids is 1. The van der Waals surface area contributed by atoms with Crippen LogP contribution in [0, 0.1) is 5.92 Å². The number of carboxylic acids is 1. The van der Waals surface area contributed by atoms with Crippen LogP contribution in [0.5, 0.6) is 0 Å². The monoisotopic (exact) mass is 237 g/mol. The standard InChI is InChI=1S/C10H17F2NO3/c1-6(10(15)16)4-3-5-7(2)13-9(14)8(11)12/h6-8H,3-5H2,1-2H3,(H,13,14)(H,15,16). The molecule has 0 aliphatic carbocycles. The molecule has 0 rings (SSSR count). The van der Waals surface area contributed by atoms with Gasteiger partial charge in [-0.05, 0) is 19.8 Å². The van der Waals surface area contributed by atoms with Gasteiger partial charge in [-0.3, -0.25) is 9.59 Å². The molecular formula is C10H17F2NO3. The molecule has 0 saturated carbocycles. The summed E-state index contributed by atoms with van der Waals surface area (Å²) in [5.41, 5.74) is 0. The summed E-state index contributed by atoms with van der Waals surface area (Å²) in [5, 5.41) is 10.7. The SMILES string of the molecule is CC(CCCC(C)C(=O)O)NC(=O)C(F)F. The van der Waals surface area contributed by atoms with E-state index in [2.05, 4.69) is 5.32 Å². The Morgan fingerprint density at radius 2 is 1.81 bits per heavy atom. The van der Waals surface area contributed by atoms with E-state index in [4.69, 9.17) is 5.11 Å². The Morgan fingerprint density at radius 1 is 1.25 bits per heavy atom. The second-order valence-corrected chi connectivity index (χ2v) is 3.88. The van der Waals surface area contributed by atoms with E-state index in [1.165, 1.54) is 0 Å². The number of nitrogens with one attached hydrogen (secondary N) is 1. The molecule has 0 heterocycles. The van der Waals surface area contributed by atoms with Crippen LogP contribution in [0.3, 0.4) is 0 Å². The minimum Gasteiger partial charge on any atom is -0.481 e. The van der Waals surface area contributed by atoms with Gasteiger partial charge in [0.15, 0.2) is 0 Å².